The van der Waals surface area contributed by atoms with Crippen LogP contribution in [-0.2, 0) is 6.42 Å². The normalized spacial score (nSPS) is 10.6. The smallest absolute Gasteiger partial charge is 0.261 e. The van der Waals surface area contributed by atoms with E-state index in [1.807, 2.05) is 6.07 Å². The number of hydrogen-bond acceptors (Lipinski definition) is 3. The number of amides is 1. The quantitative estimate of drug-likeness (QED) is 0.712. The third-order valence-electron chi connectivity index (χ3n) is 2.78. The van der Waals surface area contributed by atoms with Crippen molar-refractivity contribution in [3.05, 3.63) is 21.4 Å². The van der Waals surface area contributed by atoms with Crippen molar-refractivity contribution in [3.8, 4) is 0 Å². The minimum Gasteiger partial charge on any atom is -0.350 e. The first-order chi connectivity index (χ1) is 8.69. The van der Waals surface area contributed by atoms with E-state index in [4.69, 9.17) is 0 Å². The second kappa shape index (κ2) is 8.27. The lowest BCUT2D eigenvalue weighted by Gasteiger charge is -2.04. The van der Waals surface area contributed by atoms with E-state index in [2.05, 4.69) is 31.4 Å². The summed E-state index contributed by atoms with van der Waals surface area (Å²) in [4.78, 5) is 14.0. The molecule has 1 amide bonds. The molecule has 0 saturated heterocycles. The van der Waals surface area contributed by atoms with Gasteiger partial charge in [0, 0.05) is 18.0 Å². The van der Waals surface area contributed by atoms with E-state index in [0.29, 0.717) is 6.54 Å². The van der Waals surface area contributed by atoms with Gasteiger partial charge in [0.25, 0.3) is 5.91 Å². The molecule has 0 saturated carbocycles. The lowest BCUT2D eigenvalue weighted by atomic mass is 10.1. The van der Waals surface area contributed by atoms with E-state index in [1.54, 1.807) is 11.3 Å². The zero-order valence-corrected chi connectivity index (χ0v) is 12.5. The van der Waals surface area contributed by atoms with Gasteiger partial charge in [0.1, 0.15) is 0 Å². The summed E-state index contributed by atoms with van der Waals surface area (Å²) in [7, 11) is 0. The molecule has 0 radical (unpaired) electrons. The van der Waals surface area contributed by atoms with Crippen LogP contribution in [0.4, 0.5) is 0 Å². The van der Waals surface area contributed by atoms with Crippen molar-refractivity contribution < 1.29 is 4.79 Å². The standard InChI is InChI=1S/C14H24N2OS/c1-4-6-12-10-13(18-11(12)3)14(17)16-9-8-15-7-5-2/h10,15H,4-9H2,1-3H3,(H,16,17). The van der Waals surface area contributed by atoms with Crippen LogP contribution in [0.25, 0.3) is 0 Å². The zero-order valence-electron chi connectivity index (χ0n) is 11.6. The molecule has 0 bridgehead atoms. The van der Waals surface area contributed by atoms with Gasteiger partial charge < -0.3 is 10.6 Å². The summed E-state index contributed by atoms with van der Waals surface area (Å²) >= 11 is 1.60. The molecule has 4 heteroatoms. The highest BCUT2D eigenvalue weighted by atomic mass is 32.1. The monoisotopic (exact) mass is 268 g/mol. The lowest BCUT2D eigenvalue weighted by Crippen LogP contribution is -2.31. The fourth-order valence-corrected chi connectivity index (χ4v) is 2.79. The van der Waals surface area contributed by atoms with Crippen LogP contribution in [0.5, 0.6) is 0 Å². The van der Waals surface area contributed by atoms with Crippen molar-refractivity contribution >= 4 is 17.2 Å². The van der Waals surface area contributed by atoms with Crippen LogP contribution >= 0.6 is 11.3 Å². The van der Waals surface area contributed by atoms with Gasteiger partial charge in [0.2, 0.25) is 0 Å². The molecule has 1 heterocycles. The number of hydrogen-bond donors (Lipinski definition) is 2. The molecule has 0 unspecified atom stereocenters. The summed E-state index contributed by atoms with van der Waals surface area (Å²) in [6.45, 7) is 8.93. The highest BCUT2D eigenvalue weighted by Gasteiger charge is 2.11. The van der Waals surface area contributed by atoms with Crippen LogP contribution in [-0.4, -0.2) is 25.5 Å². The number of thiophene rings is 1. The third kappa shape index (κ3) is 4.78. The maximum atomic E-state index is 11.9. The second-order valence-corrected chi connectivity index (χ2v) is 5.70. The molecule has 0 aliphatic rings. The van der Waals surface area contributed by atoms with Gasteiger partial charge in [0.05, 0.1) is 4.88 Å². The Morgan fingerprint density at radius 1 is 1.22 bits per heavy atom. The summed E-state index contributed by atoms with van der Waals surface area (Å²) in [5, 5.41) is 6.22. The van der Waals surface area contributed by atoms with Crippen molar-refractivity contribution in [2.75, 3.05) is 19.6 Å². The highest BCUT2D eigenvalue weighted by molar-refractivity contribution is 7.14. The SMILES string of the molecule is CCCNCCNC(=O)c1cc(CCC)c(C)s1. The minimum atomic E-state index is 0.0590. The van der Waals surface area contributed by atoms with Gasteiger partial charge >= 0.3 is 0 Å². The molecule has 0 spiro atoms. The first-order valence-corrected chi connectivity index (χ1v) is 7.58. The molecule has 0 atom stereocenters. The molecular formula is C14H24N2OS. The summed E-state index contributed by atoms with van der Waals surface area (Å²) < 4.78 is 0. The molecule has 0 aliphatic carbocycles. The lowest BCUT2D eigenvalue weighted by molar-refractivity contribution is 0.0958. The average Bonchev–Trinajstić information content (AvgIpc) is 2.71. The number of nitrogens with one attached hydrogen (secondary N) is 2. The van der Waals surface area contributed by atoms with E-state index in [9.17, 15) is 4.79 Å². The Morgan fingerprint density at radius 3 is 2.67 bits per heavy atom. The van der Waals surface area contributed by atoms with E-state index in [0.717, 1.165) is 37.2 Å². The van der Waals surface area contributed by atoms with E-state index < -0.39 is 0 Å². The predicted molar refractivity (Wildman–Crippen MR) is 78.5 cm³/mol. The van der Waals surface area contributed by atoms with Crippen LogP contribution < -0.4 is 10.6 Å². The fourth-order valence-electron chi connectivity index (χ4n) is 1.80. The summed E-state index contributed by atoms with van der Waals surface area (Å²) in [5.74, 6) is 0.0590. The molecule has 1 rings (SSSR count). The average molecular weight is 268 g/mol. The molecular weight excluding hydrogens is 244 g/mol. The Balaban J connectivity index is 2.39. The first kappa shape index (κ1) is 15.2. The van der Waals surface area contributed by atoms with Crippen LogP contribution in [0.2, 0.25) is 0 Å². The van der Waals surface area contributed by atoms with Gasteiger partial charge in [-0.3, -0.25) is 4.79 Å². The predicted octanol–water partition coefficient (Wildman–Crippen LogP) is 2.74. The molecule has 3 nitrogen and oxygen atoms in total. The summed E-state index contributed by atoms with van der Waals surface area (Å²) in [6, 6.07) is 2.04. The van der Waals surface area contributed by atoms with Gasteiger partial charge in [-0.1, -0.05) is 20.3 Å². The molecule has 2 N–H and O–H groups in total. The second-order valence-electron chi connectivity index (χ2n) is 4.45. The molecule has 102 valence electrons. The molecule has 18 heavy (non-hydrogen) atoms. The Hall–Kier alpha value is -0.870. The van der Waals surface area contributed by atoms with E-state index in [-0.39, 0.29) is 5.91 Å². The van der Waals surface area contributed by atoms with Crippen LogP contribution in [0.3, 0.4) is 0 Å². The maximum Gasteiger partial charge on any atom is 0.261 e. The Kier molecular flexibility index (Phi) is 6.98. The number of rotatable bonds is 8. The highest BCUT2D eigenvalue weighted by Crippen LogP contribution is 2.22. The van der Waals surface area contributed by atoms with Gasteiger partial charge in [-0.2, -0.15) is 0 Å². The van der Waals surface area contributed by atoms with Gasteiger partial charge in [-0.25, -0.2) is 0 Å². The Bertz CT molecular complexity index is 374. The number of aryl methyl sites for hydroxylation is 2. The zero-order chi connectivity index (χ0) is 13.4. The van der Waals surface area contributed by atoms with Crippen molar-refractivity contribution in [1.29, 1.82) is 0 Å². The molecule has 1 aromatic rings. The number of carbonyl (C=O) groups is 1. The van der Waals surface area contributed by atoms with Crippen molar-refractivity contribution in [1.82, 2.24) is 10.6 Å². The van der Waals surface area contributed by atoms with Crippen molar-refractivity contribution in [2.24, 2.45) is 0 Å². The topological polar surface area (TPSA) is 41.1 Å². The third-order valence-corrected chi connectivity index (χ3v) is 3.87. The Morgan fingerprint density at radius 2 is 2.00 bits per heavy atom. The van der Waals surface area contributed by atoms with Gasteiger partial charge in [0.15, 0.2) is 0 Å². The molecule has 0 fully saturated rings. The van der Waals surface area contributed by atoms with E-state index in [1.165, 1.54) is 10.4 Å². The van der Waals surface area contributed by atoms with Crippen molar-refractivity contribution in [2.45, 2.75) is 40.0 Å². The van der Waals surface area contributed by atoms with Crippen LogP contribution in [0.1, 0.15) is 46.8 Å². The van der Waals surface area contributed by atoms with Gasteiger partial charge in [-0.15, -0.1) is 11.3 Å². The summed E-state index contributed by atoms with van der Waals surface area (Å²) in [5.41, 5.74) is 1.32. The molecule has 0 aromatic carbocycles. The first-order valence-electron chi connectivity index (χ1n) is 6.77. The van der Waals surface area contributed by atoms with Gasteiger partial charge in [-0.05, 0) is 37.9 Å². The minimum absolute atomic E-state index is 0.0590. The van der Waals surface area contributed by atoms with Crippen LogP contribution in [0, 0.1) is 6.92 Å². The largest absolute Gasteiger partial charge is 0.350 e. The van der Waals surface area contributed by atoms with Crippen molar-refractivity contribution in [3.63, 3.8) is 0 Å². The molecule has 1 aromatic heterocycles. The fraction of sp³-hybridized carbons (Fsp3) is 0.643. The number of carbonyl (C=O) groups excluding carboxylic acids is 1. The maximum absolute atomic E-state index is 11.9. The van der Waals surface area contributed by atoms with E-state index >= 15 is 0 Å². The Labute approximate surface area is 114 Å². The van der Waals surface area contributed by atoms with Crippen LogP contribution in [0.15, 0.2) is 6.07 Å². The summed E-state index contributed by atoms with van der Waals surface area (Å²) in [6.07, 6.45) is 3.31. The molecule has 0 aliphatic heterocycles.